The van der Waals surface area contributed by atoms with Crippen LogP contribution in [-0.2, 0) is 15.5 Å². The third kappa shape index (κ3) is 5.06. The molecular weight excluding hydrogens is 492 g/mol. The van der Waals surface area contributed by atoms with Crippen LogP contribution in [0, 0.1) is 5.92 Å². The summed E-state index contributed by atoms with van der Waals surface area (Å²) >= 11 is 1.57. The number of carbonyl (C=O) groups is 2. The van der Waals surface area contributed by atoms with Crippen molar-refractivity contribution >= 4 is 40.2 Å². The van der Waals surface area contributed by atoms with Gasteiger partial charge in [0, 0.05) is 18.2 Å². The number of halogens is 2. The Bertz CT molecular complexity index is 1500. The summed E-state index contributed by atoms with van der Waals surface area (Å²) < 4.78 is 27.5. The van der Waals surface area contributed by atoms with E-state index < -0.39 is 23.7 Å². The molecule has 1 aliphatic rings. The Kier molecular flexibility index (Phi) is 6.43. The number of hydrogen-bond donors (Lipinski definition) is 1. The van der Waals surface area contributed by atoms with Crippen molar-refractivity contribution in [2.45, 2.75) is 19.8 Å². The molecule has 0 fully saturated rings. The molecule has 0 bridgehead atoms. The van der Waals surface area contributed by atoms with Crippen molar-refractivity contribution in [2.24, 2.45) is 11.0 Å². The molecule has 4 aromatic rings. The number of nitrogens with zero attached hydrogens (tertiary/aromatic N) is 2. The van der Waals surface area contributed by atoms with E-state index in [1.807, 2.05) is 59.3 Å². The van der Waals surface area contributed by atoms with Gasteiger partial charge in [0.15, 0.2) is 5.92 Å². The van der Waals surface area contributed by atoms with E-state index in [9.17, 15) is 18.4 Å². The zero-order valence-corrected chi connectivity index (χ0v) is 20.9. The quantitative estimate of drug-likeness (QED) is 0.277. The Morgan fingerprint density at radius 1 is 0.946 bits per heavy atom. The van der Waals surface area contributed by atoms with Crippen molar-refractivity contribution in [3.8, 4) is 22.3 Å². The molecule has 1 aliphatic heterocycles. The van der Waals surface area contributed by atoms with Gasteiger partial charge in [-0.3, -0.25) is 9.59 Å². The first-order chi connectivity index (χ1) is 17.7. The van der Waals surface area contributed by atoms with Crippen molar-refractivity contribution in [3.05, 3.63) is 95.2 Å². The van der Waals surface area contributed by atoms with Gasteiger partial charge in [0.1, 0.15) is 0 Å². The molecule has 8 heteroatoms. The summed E-state index contributed by atoms with van der Waals surface area (Å²) in [5.74, 6) is -5.35. The highest BCUT2D eigenvalue weighted by Gasteiger charge is 2.40. The number of rotatable bonds is 6. The molecule has 186 valence electrons. The third-order valence-corrected chi connectivity index (χ3v) is 6.84. The molecule has 3 aromatic carbocycles. The highest BCUT2D eigenvalue weighted by molar-refractivity contribution is 7.08. The van der Waals surface area contributed by atoms with Crippen LogP contribution in [0.3, 0.4) is 0 Å². The first-order valence-corrected chi connectivity index (χ1v) is 12.6. The van der Waals surface area contributed by atoms with E-state index in [1.165, 1.54) is 29.3 Å². The van der Waals surface area contributed by atoms with Gasteiger partial charge in [-0.05, 0) is 76.3 Å². The monoisotopic (exact) mass is 515 g/mol. The van der Waals surface area contributed by atoms with E-state index in [0.717, 1.165) is 29.2 Å². The predicted octanol–water partition coefficient (Wildman–Crippen LogP) is 7.17. The van der Waals surface area contributed by atoms with Crippen molar-refractivity contribution in [1.82, 2.24) is 0 Å². The Morgan fingerprint density at radius 2 is 1.68 bits per heavy atom. The van der Waals surface area contributed by atoms with Gasteiger partial charge < -0.3 is 5.32 Å². The van der Waals surface area contributed by atoms with Crippen molar-refractivity contribution in [1.29, 1.82) is 0 Å². The lowest BCUT2D eigenvalue weighted by Gasteiger charge is -2.17. The molecule has 37 heavy (non-hydrogen) atoms. The van der Waals surface area contributed by atoms with Crippen LogP contribution in [-0.4, -0.2) is 17.5 Å². The smallest absolute Gasteiger partial charge is 0.270 e. The fraction of sp³-hybridized carbons (Fsp3) is 0.138. The predicted molar refractivity (Wildman–Crippen MR) is 144 cm³/mol. The highest BCUT2D eigenvalue weighted by atomic mass is 32.1. The number of thiophene rings is 1. The fourth-order valence-corrected chi connectivity index (χ4v) is 4.93. The third-order valence-electron chi connectivity index (χ3n) is 6.15. The molecule has 0 aliphatic carbocycles. The number of anilines is 2. The maximum atomic E-state index is 13.7. The van der Waals surface area contributed by atoms with Crippen molar-refractivity contribution in [3.63, 3.8) is 0 Å². The van der Waals surface area contributed by atoms with Gasteiger partial charge in [-0.25, -0.2) is 8.78 Å². The Labute approximate surface area is 217 Å². The van der Waals surface area contributed by atoms with Gasteiger partial charge in [0.05, 0.1) is 11.4 Å². The molecule has 0 radical (unpaired) electrons. The molecule has 1 aromatic heterocycles. The number of carbonyl (C=O) groups excluding carboxylic acids is 2. The summed E-state index contributed by atoms with van der Waals surface area (Å²) in [4.78, 5) is 26.5. The second-order valence-electron chi connectivity index (χ2n) is 8.93. The van der Waals surface area contributed by atoms with Crippen LogP contribution in [0.25, 0.3) is 22.3 Å². The number of benzene rings is 3. The standard InChI is InChI=1S/C29H23F2N3O2S/c1-18-26(27(35)32-24-10-6-9-23(16-24)29(2,30)31)28(36)34(33-18)25-14-21(19-7-4-3-5-8-19)13-22(15-25)20-11-12-37-17-20/h3-17,26H,1-2H3,(H,32,35). The SMILES string of the molecule is CC1=NN(c2cc(-c3ccccc3)cc(-c3ccsc3)c2)C(=O)C1C(=O)Nc1cccc(C(C)(F)F)c1. The molecule has 0 saturated carbocycles. The largest absolute Gasteiger partial charge is 0.325 e. The topological polar surface area (TPSA) is 61.8 Å². The lowest BCUT2D eigenvalue weighted by molar-refractivity contribution is -0.127. The van der Waals surface area contributed by atoms with Gasteiger partial charge >= 0.3 is 0 Å². The average Bonchev–Trinajstić information content (AvgIpc) is 3.52. The lowest BCUT2D eigenvalue weighted by atomic mass is 9.98. The fourth-order valence-electron chi connectivity index (χ4n) is 4.26. The number of alkyl halides is 2. The number of nitrogens with one attached hydrogen (secondary N) is 1. The summed E-state index contributed by atoms with van der Waals surface area (Å²) in [5.41, 5.74) is 4.64. The normalized spacial score (nSPS) is 15.6. The van der Waals surface area contributed by atoms with Crippen LogP contribution in [0.2, 0.25) is 0 Å². The molecule has 2 amide bonds. The average molecular weight is 516 g/mol. The summed E-state index contributed by atoms with van der Waals surface area (Å²) in [6, 6.07) is 23.0. The summed E-state index contributed by atoms with van der Waals surface area (Å²) in [7, 11) is 0. The molecule has 5 nitrogen and oxygen atoms in total. The lowest BCUT2D eigenvalue weighted by Crippen LogP contribution is -2.36. The molecule has 1 atom stereocenters. The van der Waals surface area contributed by atoms with Crippen molar-refractivity contribution < 1.29 is 18.4 Å². The number of hydrogen-bond acceptors (Lipinski definition) is 4. The molecule has 0 saturated heterocycles. The van der Waals surface area contributed by atoms with E-state index in [2.05, 4.69) is 16.5 Å². The maximum Gasteiger partial charge on any atom is 0.270 e. The Hall–Kier alpha value is -4.17. The van der Waals surface area contributed by atoms with Crippen LogP contribution in [0.5, 0.6) is 0 Å². The summed E-state index contributed by atoms with van der Waals surface area (Å²) in [6.45, 7) is 2.40. The van der Waals surface area contributed by atoms with E-state index in [-0.39, 0.29) is 11.3 Å². The highest BCUT2D eigenvalue weighted by Crippen LogP contribution is 2.35. The maximum absolute atomic E-state index is 13.7. The second kappa shape index (κ2) is 9.71. The van der Waals surface area contributed by atoms with Gasteiger partial charge in [0.25, 0.3) is 11.8 Å². The minimum Gasteiger partial charge on any atom is -0.325 e. The first kappa shape index (κ1) is 24.5. The number of amides is 2. The van der Waals surface area contributed by atoms with Crippen LogP contribution >= 0.6 is 11.3 Å². The second-order valence-corrected chi connectivity index (χ2v) is 9.71. The number of hydrazone groups is 1. The first-order valence-electron chi connectivity index (χ1n) is 11.6. The van der Waals surface area contributed by atoms with Gasteiger partial charge in [-0.1, -0.05) is 42.5 Å². The van der Waals surface area contributed by atoms with Gasteiger partial charge in [0.2, 0.25) is 5.91 Å². The van der Waals surface area contributed by atoms with E-state index in [0.29, 0.717) is 11.4 Å². The minimum atomic E-state index is -3.05. The molecule has 1 N–H and O–H groups in total. The minimum absolute atomic E-state index is 0.189. The summed E-state index contributed by atoms with van der Waals surface area (Å²) in [5, 5.41) is 12.3. The van der Waals surface area contributed by atoms with Crippen LogP contribution in [0.4, 0.5) is 20.2 Å². The molecule has 0 spiro atoms. The van der Waals surface area contributed by atoms with Crippen LogP contribution < -0.4 is 10.3 Å². The van der Waals surface area contributed by atoms with E-state index >= 15 is 0 Å². The van der Waals surface area contributed by atoms with E-state index in [1.54, 1.807) is 18.3 Å². The van der Waals surface area contributed by atoms with Gasteiger partial charge in [-0.15, -0.1) is 0 Å². The van der Waals surface area contributed by atoms with Crippen molar-refractivity contribution in [2.75, 3.05) is 10.3 Å². The van der Waals surface area contributed by atoms with Gasteiger partial charge in [-0.2, -0.15) is 21.4 Å². The van der Waals surface area contributed by atoms with Crippen LogP contribution in [0.1, 0.15) is 19.4 Å². The van der Waals surface area contributed by atoms with Crippen LogP contribution in [0.15, 0.2) is 94.7 Å². The molecular formula is C29H23F2N3O2S. The Balaban J connectivity index is 1.46. The molecule has 5 rings (SSSR count). The molecule has 2 heterocycles. The van der Waals surface area contributed by atoms with E-state index in [4.69, 9.17) is 0 Å². The zero-order valence-electron chi connectivity index (χ0n) is 20.1. The zero-order chi connectivity index (χ0) is 26.2. The Morgan fingerprint density at radius 3 is 2.35 bits per heavy atom. The summed E-state index contributed by atoms with van der Waals surface area (Å²) in [6.07, 6.45) is 0. The molecule has 1 unspecified atom stereocenters.